The average Bonchev–Trinajstić information content (AvgIpc) is 2.39. The number of esters is 1. The van der Waals surface area contributed by atoms with E-state index in [0.717, 1.165) is 0 Å². The third-order valence-corrected chi connectivity index (χ3v) is 2.61. The summed E-state index contributed by atoms with van der Waals surface area (Å²) in [4.78, 5) is 26.9. The van der Waals surface area contributed by atoms with Crippen molar-refractivity contribution in [1.29, 1.82) is 0 Å². The smallest absolute Gasteiger partial charge is 0.408 e. The number of methoxy groups -OCH3 is 1. The zero-order valence-corrected chi connectivity index (χ0v) is 15.2. The van der Waals surface area contributed by atoms with Crippen molar-refractivity contribution in [3.05, 3.63) is 0 Å². The maximum atomic E-state index is 11.8. The van der Waals surface area contributed by atoms with E-state index in [4.69, 9.17) is 4.74 Å². The molecule has 0 aliphatic heterocycles. The molecule has 0 saturated carbocycles. The minimum absolute atomic E-state index is 0.247. The van der Waals surface area contributed by atoms with Crippen LogP contribution in [0.2, 0.25) is 0 Å². The van der Waals surface area contributed by atoms with Gasteiger partial charge in [-0.05, 0) is 34.6 Å². The molecule has 0 rings (SSSR count). The molecule has 134 valence electrons. The fraction of sp³-hybridized carbons (Fsp3) is 0.800. The Bertz CT molecular complexity index is 428. The molecule has 0 radical (unpaired) electrons. The highest BCUT2D eigenvalue weighted by Crippen LogP contribution is 2.09. The monoisotopic (exact) mass is 330 g/mol. The Hall–Kier alpha value is -1.99. The number of guanidine groups is 1. The van der Waals surface area contributed by atoms with Gasteiger partial charge in [0, 0.05) is 20.1 Å². The summed E-state index contributed by atoms with van der Waals surface area (Å²) in [5.41, 5.74) is -1.08. The summed E-state index contributed by atoms with van der Waals surface area (Å²) in [5.74, 6) is 0.243. The number of ether oxygens (including phenoxy) is 2. The molecule has 0 aliphatic rings. The quantitative estimate of drug-likeness (QED) is 0.382. The average molecular weight is 330 g/mol. The molecule has 0 fully saturated rings. The highest BCUT2D eigenvalue weighted by atomic mass is 16.6. The maximum absolute atomic E-state index is 11.8. The summed E-state index contributed by atoms with van der Waals surface area (Å²) < 4.78 is 9.80. The number of rotatable bonds is 6. The molecule has 0 heterocycles. The Morgan fingerprint density at radius 3 is 2.17 bits per heavy atom. The van der Waals surface area contributed by atoms with Gasteiger partial charge in [-0.3, -0.25) is 9.79 Å². The molecular formula is C15H30N4O4. The van der Waals surface area contributed by atoms with E-state index < -0.39 is 17.2 Å². The zero-order chi connectivity index (χ0) is 18.1. The predicted octanol–water partition coefficient (Wildman–Crippen LogP) is 1.02. The van der Waals surface area contributed by atoms with E-state index in [0.29, 0.717) is 19.0 Å². The van der Waals surface area contributed by atoms with Crippen molar-refractivity contribution < 1.29 is 19.1 Å². The molecule has 0 aromatic carbocycles. The van der Waals surface area contributed by atoms with Crippen molar-refractivity contribution in [2.75, 3.05) is 27.2 Å². The van der Waals surface area contributed by atoms with Crippen LogP contribution in [0.1, 0.15) is 41.0 Å². The number of hydrogen-bond acceptors (Lipinski definition) is 5. The fourth-order valence-corrected chi connectivity index (χ4v) is 1.53. The number of carbonyl (C=O) groups is 2. The standard InChI is InChI=1S/C15H30N4O4/c1-14(2,3)23-13(21)19-15(4,5)10-18-12(16-6)17-9-8-11(20)22-7/h8-10H2,1-7H3,(H,19,21)(H2,16,17,18). The van der Waals surface area contributed by atoms with E-state index in [1.165, 1.54) is 7.11 Å². The van der Waals surface area contributed by atoms with Crippen LogP contribution in [-0.2, 0) is 14.3 Å². The topological polar surface area (TPSA) is 101 Å². The zero-order valence-electron chi connectivity index (χ0n) is 15.2. The minimum Gasteiger partial charge on any atom is -0.469 e. The van der Waals surface area contributed by atoms with Crippen LogP contribution >= 0.6 is 0 Å². The van der Waals surface area contributed by atoms with Gasteiger partial charge in [0.05, 0.1) is 19.1 Å². The number of hydrogen-bond donors (Lipinski definition) is 3. The molecule has 8 heteroatoms. The maximum Gasteiger partial charge on any atom is 0.408 e. The largest absolute Gasteiger partial charge is 0.469 e. The summed E-state index contributed by atoms with van der Waals surface area (Å²) in [6, 6.07) is 0. The lowest BCUT2D eigenvalue weighted by molar-refractivity contribution is -0.140. The van der Waals surface area contributed by atoms with Crippen LogP contribution in [0.3, 0.4) is 0 Å². The first kappa shape index (κ1) is 21.0. The first-order valence-corrected chi connectivity index (χ1v) is 7.51. The summed E-state index contributed by atoms with van der Waals surface area (Å²) in [6.07, 6.45) is -0.227. The third kappa shape index (κ3) is 11.3. The number of amides is 1. The van der Waals surface area contributed by atoms with E-state index in [1.807, 2.05) is 34.6 Å². The minimum atomic E-state index is -0.543. The summed E-state index contributed by atoms with van der Waals surface area (Å²) in [5, 5.41) is 8.87. The Balaban J connectivity index is 4.28. The molecule has 0 aromatic rings. The summed E-state index contributed by atoms with van der Waals surface area (Å²) in [6.45, 7) is 10.0. The fourth-order valence-electron chi connectivity index (χ4n) is 1.53. The molecule has 0 aliphatic carbocycles. The number of nitrogens with zero attached hydrogens (tertiary/aromatic N) is 1. The first-order chi connectivity index (χ1) is 10.5. The molecule has 3 N–H and O–H groups in total. The van der Waals surface area contributed by atoms with E-state index in [9.17, 15) is 9.59 Å². The second-order valence-corrected chi connectivity index (χ2v) is 6.69. The van der Waals surface area contributed by atoms with Gasteiger partial charge in [-0.25, -0.2) is 4.79 Å². The van der Waals surface area contributed by atoms with Crippen LogP contribution < -0.4 is 16.0 Å². The lowest BCUT2D eigenvalue weighted by Gasteiger charge is -2.29. The van der Waals surface area contributed by atoms with Gasteiger partial charge in [0.15, 0.2) is 5.96 Å². The van der Waals surface area contributed by atoms with Crippen molar-refractivity contribution in [3.8, 4) is 0 Å². The molecular weight excluding hydrogens is 300 g/mol. The Morgan fingerprint density at radius 2 is 1.70 bits per heavy atom. The first-order valence-electron chi connectivity index (χ1n) is 7.51. The molecule has 0 saturated heterocycles. The Morgan fingerprint density at radius 1 is 1.09 bits per heavy atom. The van der Waals surface area contributed by atoms with Crippen molar-refractivity contribution in [3.63, 3.8) is 0 Å². The molecule has 8 nitrogen and oxygen atoms in total. The van der Waals surface area contributed by atoms with Crippen LogP contribution in [-0.4, -0.2) is 56.4 Å². The molecule has 1 amide bonds. The predicted molar refractivity (Wildman–Crippen MR) is 89.4 cm³/mol. The number of aliphatic imine (C=N–C) groups is 1. The summed E-state index contributed by atoms with van der Waals surface area (Å²) in [7, 11) is 2.97. The van der Waals surface area contributed by atoms with Crippen molar-refractivity contribution in [1.82, 2.24) is 16.0 Å². The van der Waals surface area contributed by atoms with Gasteiger partial charge in [-0.15, -0.1) is 0 Å². The number of nitrogens with one attached hydrogen (secondary N) is 3. The van der Waals surface area contributed by atoms with Crippen LogP contribution in [0.4, 0.5) is 4.79 Å². The second-order valence-electron chi connectivity index (χ2n) is 6.69. The van der Waals surface area contributed by atoms with Gasteiger partial charge in [0.2, 0.25) is 0 Å². The molecule has 0 bridgehead atoms. The van der Waals surface area contributed by atoms with Gasteiger partial charge in [0.1, 0.15) is 5.60 Å². The number of carbonyl (C=O) groups excluding carboxylic acids is 2. The Kier molecular flexibility index (Phi) is 8.42. The third-order valence-electron chi connectivity index (χ3n) is 2.61. The van der Waals surface area contributed by atoms with Crippen LogP contribution in [0.25, 0.3) is 0 Å². The van der Waals surface area contributed by atoms with Crippen molar-refractivity contribution in [2.45, 2.75) is 52.2 Å². The van der Waals surface area contributed by atoms with Gasteiger partial charge < -0.3 is 25.4 Å². The molecule has 23 heavy (non-hydrogen) atoms. The van der Waals surface area contributed by atoms with Gasteiger partial charge in [-0.1, -0.05) is 0 Å². The van der Waals surface area contributed by atoms with E-state index in [-0.39, 0.29) is 12.4 Å². The van der Waals surface area contributed by atoms with E-state index in [1.54, 1.807) is 7.05 Å². The lowest BCUT2D eigenvalue weighted by atomic mass is 10.1. The van der Waals surface area contributed by atoms with Crippen LogP contribution in [0.5, 0.6) is 0 Å². The Labute approximate surface area is 138 Å². The van der Waals surface area contributed by atoms with Gasteiger partial charge in [-0.2, -0.15) is 0 Å². The molecule has 0 unspecified atom stereocenters. The van der Waals surface area contributed by atoms with E-state index in [2.05, 4.69) is 25.7 Å². The van der Waals surface area contributed by atoms with Crippen molar-refractivity contribution >= 4 is 18.0 Å². The SMILES string of the molecule is CN=C(NCCC(=O)OC)NCC(C)(C)NC(=O)OC(C)(C)C. The highest BCUT2D eigenvalue weighted by Gasteiger charge is 2.24. The number of alkyl carbamates (subject to hydrolysis) is 1. The summed E-state index contributed by atoms with van der Waals surface area (Å²) >= 11 is 0. The van der Waals surface area contributed by atoms with Gasteiger partial charge >= 0.3 is 12.1 Å². The van der Waals surface area contributed by atoms with E-state index >= 15 is 0 Å². The van der Waals surface area contributed by atoms with Gasteiger partial charge in [0.25, 0.3) is 0 Å². The molecule has 0 spiro atoms. The lowest BCUT2D eigenvalue weighted by Crippen LogP contribution is -2.54. The van der Waals surface area contributed by atoms with Crippen LogP contribution in [0, 0.1) is 0 Å². The normalized spacial score (nSPS) is 12.4. The van der Waals surface area contributed by atoms with Crippen LogP contribution in [0.15, 0.2) is 4.99 Å². The second kappa shape index (κ2) is 9.22. The molecule has 0 aromatic heterocycles. The highest BCUT2D eigenvalue weighted by molar-refractivity contribution is 5.80. The molecule has 0 atom stereocenters. The van der Waals surface area contributed by atoms with Crippen molar-refractivity contribution in [2.24, 2.45) is 4.99 Å².